The van der Waals surface area contributed by atoms with Crippen molar-refractivity contribution in [2.75, 3.05) is 0 Å². The van der Waals surface area contributed by atoms with Gasteiger partial charge in [0.05, 0.1) is 5.69 Å². The van der Waals surface area contributed by atoms with Gasteiger partial charge in [-0.25, -0.2) is 0 Å². The van der Waals surface area contributed by atoms with Gasteiger partial charge in [-0.15, -0.1) is 0 Å². The standard InChI is InChI=1S/C16H22BrN3/c1-4-12(2)20-10-9-14(19-20)11-18-13(3)15-7-5-6-8-16(15)17/h5-10,12-13,18H,4,11H2,1-3H3/t12?,13-/m1/s1. The molecule has 0 aliphatic rings. The predicted octanol–water partition coefficient (Wildman–Crippen LogP) is 4.47. The summed E-state index contributed by atoms with van der Waals surface area (Å²) in [6, 6.07) is 11.2. The van der Waals surface area contributed by atoms with E-state index in [2.05, 4.69) is 77.6 Å². The molecular weight excluding hydrogens is 314 g/mol. The normalized spacial score (nSPS) is 14.2. The molecule has 1 aromatic heterocycles. The smallest absolute Gasteiger partial charge is 0.0762 e. The van der Waals surface area contributed by atoms with Gasteiger partial charge >= 0.3 is 0 Å². The van der Waals surface area contributed by atoms with E-state index in [-0.39, 0.29) is 0 Å². The van der Waals surface area contributed by atoms with Crippen LogP contribution in [0.15, 0.2) is 41.0 Å². The third-order valence-corrected chi connectivity index (χ3v) is 4.39. The monoisotopic (exact) mass is 335 g/mol. The minimum absolute atomic E-state index is 0.291. The third-order valence-electron chi connectivity index (χ3n) is 3.67. The van der Waals surface area contributed by atoms with E-state index in [0.29, 0.717) is 12.1 Å². The van der Waals surface area contributed by atoms with Crippen LogP contribution in [0.2, 0.25) is 0 Å². The van der Waals surface area contributed by atoms with Gasteiger partial charge in [0, 0.05) is 29.3 Å². The zero-order valence-electron chi connectivity index (χ0n) is 12.3. The lowest BCUT2D eigenvalue weighted by Crippen LogP contribution is -2.19. The maximum atomic E-state index is 4.61. The number of rotatable bonds is 6. The topological polar surface area (TPSA) is 29.9 Å². The van der Waals surface area contributed by atoms with E-state index in [9.17, 15) is 0 Å². The number of hydrogen-bond donors (Lipinski definition) is 1. The second-order valence-electron chi connectivity index (χ2n) is 5.17. The summed E-state index contributed by atoms with van der Waals surface area (Å²) in [6.07, 6.45) is 3.16. The molecule has 4 heteroatoms. The Morgan fingerprint density at radius 3 is 2.70 bits per heavy atom. The molecule has 1 unspecified atom stereocenters. The average molecular weight is 336 g/mol. The summed E-state index contributed by atoms with van der Waals surface area (Å²) in [7, 11) is 0. The molecule has 2 atom stereocenters. The maximum Gasteiger partial charge on any atom is 0.0762 e. The van der Waals surface area contributed by atoms with Crippen molar-refractivity contribution in [1.82, 2.24) is 15.1 Å². The molecule has 0 saturated heterocycles. The minimum atomic E-state index is 0.291. The van der Waals surface area contributed by atoms with Gasteiger partial charge in [0.15, 0.2) is 0 Å². The lowest BCUT2D eigenvalue weighted by molar-refractivity contribution is 0.468. The molecule has 0 aliphatic carbocycles. The van der Waals surface area contributed by atoms with Crippen LogP contribution in [0.1, 0.15) is 50.5 Å². The van der Waals surface area contributed by atoms with Crippen LogP contribution in [0.4, 0.5) is 0 Å². The Morgan fingerprint density at radius 1 is 1.25 bits per heavy atom. The summed E-state index contributed by atoms with van der Waals surface area (Å²) in [5, 5.41) is 8.13. The Balaban J connectivity index is 1.95. The van der Waals surface area contributed by atoms with Crippen LogP contribution in [-0.4, -0.2) is 9.78 Å². The summed E-state index contributed by atoms with van der Waals surface area (Å²) in [5.74, 6) is 0. The lowest BCUT2D eigenvalue weighted by Gasteiger charge is -2.15. The summed E-state index contributed by atoms with van der Waals surface area (Å²) >= 11 is 3.60. The number of aromatic nitrogens is 2. The zero-order chi connectivity index (χ0) is 14.5. The van der Waals surface area contributed by atoms with Crippen molar-refractivity contribution in [2.45, 2.75) is 45.8 Å². The van der Waals surface area contributed by atoms with Gasteiger partial charge in [-0.2, -0.15) is 5.10 Å². The zero-order valence-corrected chi connectivity index (χ0v) is 13.9. The van der Waals surface area contributed by atoms with Crippen molar-refractivity contribution in [1.29, 1.82) is 0 Å². The fourth-order valence-corrected chi connectivity index (χ4v) is 2.73. The van der Waals surface area contributed by atoms with Crippen LogP contribution in [-0.2, 0) is 6.54 Å². The highest BCUT2D eigenvalue weighted by Crippen LogP contribution is 2.22. The van der Waals surface area contributed by atoms with Crippen molar-refractivity contribution in [3.05, 3.63) is 52.3 Å². The lowest BCUT2D eigenvalue weighted by atomic mass is 10.1. The van der Waals surface area contributed by atoms with Gasteiger partial charge in [0.1, 0.15) is 0 Å². The second-order valence-corrected chi connectivity index (χ2v) is 6.02. The number of benzene rings is 1. The fourth-order valence-electron chi connectivity index (χ4n) is 2.10. The molecule has 0 aliphatic heterocycles. The van der Waals surface area contributed by atoms with E-state index in [0.717, 1.165) is 23.1 Å². The molecule has 2 aromatic rings. The van der Waals surface area contributed by atoms with Crippen molar-refractivity contribution in [2.24, 2.45) is 0 Å². The molecule has 0 saturated carbocycles. The summed E-state index contributed by atoms with van der Waals surface area (Å²) in [4.78, 5) is 0. The first-order valence-corrected chi connectivity index (χ1v) is 7.93. The molecule has 0 radical (unpaired) electrons. The van der Waals surface area contributed by atoms with Gasteiger partial charge in [0.25, 0.3) is 0 Å². The van der Waals surface area contributed by atoms with Crippen molar-refractivity contribution < 1.29 is 0 Å². The van der Waals surface area contributed by atoms with E-state index in [4.69, 9.17) is 0 Å². The predicted molar refractivity (Wildman–Crippen MR) is 86.6 cm³/mol. The molecule has 3 nitrogen and oxygen atoms in total. The molecule has 0 spiro atoms. The van der Waals surface area contributed by atoms with E-state index >= 15 is 0 Å². The van der Waals surface area contributed by atoms with E-state index in [1.54, 1.807) is 0 Å². The maximum absolute atomic E-state index is 4.61. The Labute approximate surface area is 129 Å². The third kappa shape index (κ3) is 3.70. The Kier molecular flexibility index (Phi) is 5.38. The number of nitrogens with one attached hydrogen (secondary N) is 1. The highest BCUT2D eigenvalue weighted by molar-refractivity contribution is 9.10. The number of nitrogens with zero attached hydrogens (tertiary/aromatic N) is 2. The van der Waals surface area contributed by atoms with Crippen LogP contribution in [0.3, 0.4) is 0 Å². The first-order chi connectivity index (χ1) is 9.61. The van der Waals surface area contributed by atoms with Crippen LogP contribution in [0.5, 0.6) is 0 Å². The SMILES string of the molecule is CCC(C)n1ccc(CN[C@H](C)c2ccccc2Br)n1. The molecule has 108 valence electrons. The molecule has 2 rings (SSSR count). The molecule has 1 N–H and O–H groups in total. The van der Waals surface area contributed by atoms with Gasteiger partial charge in [0.2, 0.25) is 0 Å². The highest BCUT2D eigenvalue weighted by atomic mass is 79.9. The number of hydrogen-bond acceptors (Lipinski definition) is 2. The van der Waals surface area contributed by atoms with E-state index < -0.39 is 0 Å². The molecule has 0 fully saturated rings. The molecule has 1 heterocycles. The van der Waals surface area contributed by atoms with Gasteiger partial charge in [-0.1, -0.05) is 41.1 Å². The second kappa shape index (κ2) is 7.04. The first kappa shape index (κ1) is 15.3. The van der Waals surface area contributed by atoms with Crippen molar-refractivity contribution in [3.63, 3.8) is 0 Å². The summed E-state index contributed by atoms with van der Waals surface area (Å²) < 4.78 is 3.19. The van der Waals surface area contributed by atoms with Crippen LogP contribution in [0, 0.1) is 0 Å². The molecule has 0 amide bonds. The Hall–Kier alpha value is -1.13. The van der Waals surface area contributed by atoms with Gasteiger partial charge in [-0.3, -0.25) is 4.68 Å². The van der Waals surface area contributed by atoms with Crippen LogP contribution >= 0.6 is 15.9 Å². The van der Waals surface area contributed by atoms with Crippen molar-refractivity contribution >= 4 is 15.9 Å². The largest absolute Gasteiger partial charge is 0.304 e. The Bertz CT molecular complexity index is 550. The number of halogens is 1. The van der Waals surface area contributed by atoms with Crippen LogP contribution in [0.25, 0.3) is 0 Å². The van der Waals surface area contributed by atoms with Crippen LogP contribution < -0.4 is 5.32 Å². The van der Waals surface area contributed by atoms with Gasteiger partial charge in [-0.05, 0) is 38.0 Å². The Morgan fingerprint density at radius 2 is 2.00 bits per heavy atom. The first-order valence-electron chi connectivity index (χ1n) is 7.13. The van der Waals surface area contributed by atoms with E-state index in [1.165, 1.54) is 5.56 Å². The fraction of sp³-hybridized carbons (Fsp3) is 0.438. The summed E-state index contributed by atoms with van der Waals surface area (Å²) in [6.45, 7) is 7.32. The molecule has 20 heavy (non-hydrogen) atoms. The van der Waals surface area contributed by atoms with Crippen molar-refractivity contribution in [3.8, 4) is 0 Å². The quantitative estimate of drug-likeness (QED) is 0.844. The average Bonchev–Trinajstić information content (AvgIpc) is 2.93. The van der Waals surface area contributed by atoms with Gasteiger partial charge < -0.3 is 5.32 Å². The summed E-state index contributed by atoms with van der Waals surface area (Å²) in [5.41, 5.74) is 2.36. The molecular formula is C16H22BrN3. The molecule has 0 bridgehead atoms. The highest BCUT2D eigenvalue weighted by Gasteiger charge is 2.09. The molecule has 1 aromatic carbocycles. The minimum Gasteiger partial charge on any atom is -0.304 e. The van der Waals surface area contributed by atoms with E-state index in [1.807, 2.05) is 10.7 Å².